The first-order chi connectivity index (χ1) is 29.8. The van der Waals surface area contributed by atoms with Crippen LogP contribution in [0.5, 0.6) is 0 Å². The summed E-state index contributed by atoms with van der Waals surface area (Å²) in [6.07, 6.45) is 0. The number of hydrogen-bond acceptors (Lipinski definition) is 2. The molecule has 0 aliphatic carbocycles. The predicted octanol–water partition coefficient (Wildman–Crippen LogP) is 16.5. The Kier molecular flexibility index (Phi) is 8.87. The molecule has 282 valence electrons. The van der Waals surface area contributed by atoms with Gasteiger partial charge in [0.25, 0.3) is 0 Å². The van der Waals surface area contributed by atoms with E-state index >= 15 is 0 Å². The molecule has 2 nitrogen and oxygen atoms in total. The third kappa shape index (κ3) is 6.23. The van der Waals surface area contributed by atoms with Gasteiger partial charge in [-0.1, -0.05) is 194 Å². The summed E-state index contributed by atoms with van der Waals surface area (Å²) in [5.41, 5.74) is 16.7. The van der Waals surface area contributed by atoms with Crippen molar-refractivity contribution in [1.82, 2.24) is 0 Å². The molecule has 0 saturated heterocycles. The van der Waals surface area contributed by atoms with Crippen LogP contribution in [0.3, 0.4) is 0 Å². The first kappa shape index (κ1) is 35.2. The van der Waals surface area contributed by atoms with Crippen LogP contribution in [-0.4, -0.2) is 0 Å². The minimum Gasteiger partial charge on any atom is -0.456 e. The van der Waals surface area contributed by atoms with Crippen LogP contribution in [0.4, 0.5) is 17.1 Å². The third-order valence-corrected chi connectivity index (χ3v) is 11.7. The van der Waals surface area contributed by atoms with E-state index in [0.29, 0.717) is 0 Å². The molecular formula is C58H39NO. The highest BCUT2D eigenvalue weighted by molar-refractivity contribution is 6.13. The number of benzene rings is 10. The van der Waals surface area contributed by atoms with Crippen molar-refractivity contribution >= 4 is 49.8 Å². The molecule has 0 amide bonds. The van der Waals surface area contributed by atoms with Gasteiger partial charge in [-0.05, 0) is 97.7 Å². The summed E-state index contributed by atoms with van der Waals surface area (Å²) in [5.74, 6) is 0. The van der Waals surface area contributed by atoms with E-state index in [0.717, 1.165) is 66.8 Å². The van der Waals surface area contributed by atoms with Crippen LogP contribution in [0.1, 0.15) is 0 Å². The van der Waals surface area contributed by atoms with Crippen molar-refractivity contribution in [2.45, 2.75) is 0 Å². The molecular weight excluding hydrogens is 727 g/mol. The first-order valence-electron chi connectivity index (χ1n) is 20.5. The molecule has 1 heterocycles. The van der Waals surface area contributed by atoms with Crippen molar-refractivity contribution in [2.75, 3.05) is 4.90 Å². The van der Waals surface area contributed by atoms with Gasteiger partial charge in [0.05, 0.1) is 11.4 Å². The van der Waals surface area contributed by atoms with Crippen LogP contribution in [0.25, 0.3) is 88.3 Å². The van der Waals surface area contributed by atoms with Crippen molar-refractivity contribution in [3.8, 4) is 55.6 Å². The molecule has 0 spiro atoms. The van der Waals surface area contributed by atoms with Gasteiger partial charge in [0.2, 0.25) is 0 Å². The molecule has 0 saturated carbocycles. The second kappa shape index (κ2) is 15.1. The minimum atomic E-state index is 0.893. The number of hydrogen-bond donors (Lipinski definition) is 0. The summed E-state index contributed by atoms with van der Waals surface area (Å²) in [6, 6.07) is 85.0. The second-order valence-electron chi connectivity index (χ2n) is 15.2. The van der Waals surface area contributed by atoms with Gasteiger partial charge in [0.1, 0.15) is 11.2 Å². The van der Waals surface area contributed by atoms with E-state index in [-0.39, 0.29) is 0 Å². The maximum atomic E-state index is 6.30. The maximum absolute atomic E-state index is 6.30. The number of fused-ring (bicyclic) bond motifs is 4. The molecule has 11 aromatic rings. The molecule has 1 aromatic heterocycles. The molecule has 0 aliphatic heterocycles. The van der Waals surface area contributed by atoms with E-state index < -0.39 is 0 Å². The zero-order chi connectivity index (χ0) is 39.8. The Labute approximate surface area is 349 Å². The second-order valence-corrected chi connectivity index (χ2v) is 15.2. The number of rotatable bonds is 8. The van der Waals surface area contributed by atoms with Crippen LogP contribution in [0, 0.1) is 0 Å². The normalized spacial score (nSPS) is 11.3. The van der Waals surface area contributed by atoms with E-state index in [1.165, 1.54) is 38.6 Å². The van der Waals surface area contributed by atoms with Gasteiger partial charge < -0.3 is 9.32 Å². The zero-order valence-electron chi connectivity index (χ0n) is 32.9. The Morgan fingerprint density at radius 2 is 0.783 bits per heavy atom. The summed E-state index contributed by atoms with van der Waals surface area (Å²) >= 11 is 0. The van der Waals surface area contributed by atoms with Gasteiger partial charge in [-0.25, -0.2) is 0 Å². The van der Waals surface area contributed by atoms with Crippen molar-refractivity contribution in [2.24, 2.45) is 0 Å². The largest absolute Gasteiger partial charge is 0.456 e. The Bertz CT molecular complexity index is 3290. The molecule has 60 heavy (non-hydrogen) atoms. The summed E-state index contributed by atoms with van der Waals surface area (Å²) in [5, 5.41) is 4.70. The van der Waals surface area contributed by atoms with Crippen LogP contribution in [0.15, 0.2) is 241 Å². The SMILES string of the molecule is c1ccc(-c2ccc(N(c3ccc(-c4cccc5oc6ccccc6c45)cc3)c3ccccc3-c3cccc4cccc(-c5ccccc5)c34)c(-c3ccccc3)c2)cc1. The summed E-state index contributed by atoms with van der Waals surface area (Å²) < 4.78 is 6.30. The van der Waals surface area contributed by atoms with E-state index in [1.807, 2.05) is 12.1 Å². The molecule has 0 N–H and O–H groups in total. The highest BCUT2D eigenvalue weighted by Crippen LogP contribution is 2.48. The van der Waals surface area contributed by atoms with Crippen LogP contribution in [-0.2, 0) is 0 Å². The summed E-state index contributed by atoms with van der Waals surface area (Å²) in [7, 11) is 0. The highest BCUT2D eigenvalue weighted by Gasteiger charge is 2.23. The average molecular weight is 766 g/mol. The number of para-hydroxylation sites is 2. The monoisotopic (exact) mass is 765 g/mol. The lowest BCUT2D eigenvalue weighted by Crippen LogP contribution is -2.12. The molecule has 0 unspecified atom stereocenters. The fourth-order valence-electron chi connectivity index (χ4n) is 8.92. The maximum Gasteiger partial charge on any atom is 0.136 e. The van der Waals surface area contributed by atoms with Crippen molar-refractivity contribution < 1.29 is 4.42 Å². The Hall–Kier alpha value is -7.94. The fourth-order valence-corrected chi connectivity index (χ4v) is 8.92. The van der Waals surface area contributed by atoms with Crippen LogP contribution in [0.2, 0.25) is 0 Å². The number of anilines is 3. The van der Waals surface area contributed by atoms with E-state index in [2.05, 4.69) is 229 Å². The predicted molar refractivity (Wildman–Crippen MR) is 253 cm³/mol. The molecule has 0 fully saturated rings. The smallest absolute Gasteiger partial charge is 0.136 e. The van der Waals surface area contributed by atoms with Gasteiger partial charge in [0, 0.05) is 27.6 Å². The lowest BCUT2D eigenvalue weighted by Gasteiger charge is -2.31. The third-order valence-electron chi connectivity index (χ3n) is 11.7. The van der Waals surface area contributed by atoms with Gasteiger partial charge in [0.15, 0.2) is 0 Å². The van der Waals surface area contributed by atoms with Crippen molar-refractivity contribution in [3.63, 3.8) is 0 Å². The molecule has 0 atom stereocenters. The first-order valence-corrected chi connectivity index (χ1v) is 20.5. The standard InChI is InChI=1S/C58H39NO/c1-4-17-40(18-5-1)45-35-38-54(52(39-45)42-21-8-3-9-22-42)59(46-36-33-43(34-37-46)48-28-16-32-56-58(48)51-26-11-13-31-55(51)60-56)53-30-12-10-25-49(53)50-29-15-24-44-23-14-27-47(57(44)50)41-19-6-2-7-20-41/h1-39H. The van der Waals surface area contributed by atoms with Crippen molar-refractivity contribution in [1.29, 1.82) is 0 Å². The Morgan fingerprint density at radius 1 is 0.283 bits per heavy atom. The quantitative estimate of drug-likeness (QED) is 0.153. The molecule has 0 bridgehead atoms. The van der Waals surface area contributed by atoms with E-state index in [1.54, 1.807) is 0 Å². The molecule has 0 aliphatic rings. The lowest BCUT2D eigenvalue weighted by atomic mass is 9.90. The van der Waals surface area contributed by atoms with Gasteiger partial charge in [-0.2, -0.15) is 0 Å². The van der Waals surface area contributed by atoms with Gasteiger partial charge in [-0.15, -0.1) is 0 Å². The summed E-state index contributed by atoms with van der Waals surface area (Å²) in [4.78, 5) is 2.45. The van der Waals surface area contributed by atoms with Crippen LogP contribution >= 0.6 is 0 Å². The highest BCUT2D eigenvalue weighted by atomic mass is 16.3. The number of furan rings is 1. The van der Waals surface area contributed by atoms with Crippen molar-refractivity contribution in [3.05, 3.63) is 237 Å². The Morgan fingerprint density at radius 3 is 1.52 bits per heavy atom. The molecule has 11 rings (SSSR count). The van der Waals surface area contributed by atoms with Gasteiger partial charge >= 0.3 is 0 Å². The zero-order valence-corrected chi connectivity index (χ0v) is 32.9. The fraction of sp³-hybridized carbons (Fsp3) is 0. The average Bonchev–Trinajstić information content (AvgIpc) is 3.72. The molecule has 0 radical (unpaired) electrons. The van der Waals surface area contributed by atoms with Crippen LogP contribution < -0.4 is 4.90 Å². The van der Waals surface area contributed by atoms with E-state index in [9.17, 15) is 0 Å². The number of nitrogens with zero attached hydrogens (tertiary/aromatic N) is 1. The molecule has 10 aromatic carbocycles. The van der Waals surface area contributed by atoms with Gasteiger partial charge in [-0.3, -0.25) is 0 Å². The summed E-state index contributed by atoms with van der Waals surface area (Å²) in [6.45, 7) is 0. The topological polar surface area (TPSA) is 16.4 Å². The van der Waals surface area contributed by atoms with E-state index in [4.69, 9.17) is 4.42 Å². The molecule has 2 heteroatoms. The minimum absolute atomic E-state index is 0.893. The lowest BCUT2D eigenvalue weighted by molar-refractivity contribution is 0.669. The Balaban J connectivity index is 1.15.